The monoisotopic (exact) mass is 342 g/mol. The van der Waals surface area contributed by atoms with Gasteiger partial charge in [0.25, 0.3) is 5.91 Å². The van der Waals surface area contributed by atoms with Crippen molar-refractivity contribution in [1.82, 2.24) is 9.88 Å². The molecule has 2 aromatic rings. The second-order valence-corrected chi connectivity index (χ2v) is 6.06. The van der Waals surface area contributed by atoms with E-state index in [-0.39, 0.29) is 30.2 Å². The van der Waals surface area contributed by atoms with Crippen LogP contribution < -0.4 is 0 Å². The van der Waals surface area contributed by atoms with Crippen molar-refractivity contribution in [2.45, 2.75) is 19.4 Å². The summed E-state index contributed by atoms with van der Waals surface area (Å²) in [5.74, 6) is -1.17. The number of benzene rings is 1. The summed E-state index contributed by atoms with van der Waals surface area (Å²) in [6.45, 7) is 0.989. The van der Waals surface area contributed by atoms with Gasteiger partial charge in [0.15, 0.2) is 0 Å². The zero-order valence-corrected chi connectivity index (χ0v) is 13.7. The average Bonchev–Trinajstić information content (AvgIpc) is 2.66. The first-order valence-corrected chi connectivity index (χ1v) is 8.24. The van der Waals surface area contributed by atoms with Crippen molar-refractivity contribution < 1.29 is 18.7 Å². The van der Waals surface area contributed by atoms with Crippen molar-refractivity contribution >= 4 is 11.9 Å². The highest BCUT2D eigenvalue weighted by Crippen LogP contribution is 2.20. The fourth-order valence-electron chi connectivity index (χ4n) is 2.93. The van der Waals surface area contributed by atoms with Crippen LogP contribution in [-0.4, -0.2) is 34.8 Å². The van der Waals surface area contributed by atoms with Gasteiger partial charge in [-0.2, -0.15) is 0 Å². The molecule has 0 N–H and O–H groups in total. The van der Waals surface area contributed by atoms with E-state index in [2.05, 4.69) is 4.98 Å². The summed E-state index contributed by atoms with van der Waals surface area (Å²) in [5.41, 5.74) is 1.16. The lowest BCUT2D eigenvalue weighted by molar-refractivity contribution is -0.151. The molecule has 1 aliphatic rings. The molecule has 1 saturated heterocycles. The number of halogens is 1. The fraction of sp³-hybridized carbons (Fsp3) is 0.316. The van der Waals surface area contributed by atoms with Crippen molar-refractivity contribution in [3.8, 4) is 0 Å². The van der Waals surface area contributed by atoms with Gasteiger partial charge in [-0.3, -0.25) is 14.6 Å². The Hall–Kier alpha value is -2.76. The maximum absolute atomic E-state index is 13.2. The quantitative estimate of drug-likeness (QED) is 0.802. The molecule has 1 atom stereocenters. The van der Waals surface area contributed by atoms with Crippen LogP contribution in [0.4, 0.5) is 4.39 Å². The number of pyridine rings is 1. The first-order valence-electron chi connectivity index (χ1n) is 8.24. The normalized spacial score (nSPS) is 17.2. The molecule has 1 amide bonds. The Bertz CT molecular complexity index is 751. The molecule has 0 unspecified atom stereocenters. The molecule has 1 aromatic carbocycles. The topological polar surface area (TPSA) is 59.5 Å². The van der Waals surface area contributed by atoms with E-state index >= 15 is 0 Å². The van der Waals surface area contributed by atoms with Gasteiger partial charge in [0.05, 0.1) is 5.92 Å². The minimum absolute atomic E-state index is 0.0331. The Morgan fingerprint density at radius 3 is 2.80 bits per heavy atom. The van der Waals surface area contributed by atoms with Crippen LogP contribution in [0.3, 0.4) is 0 Å². The van der Waals surface area contributed by atoms with Crippen molar-refractivity contribution in [3.63, 3.8) is 0 Å². The van der Waals surface area contributed by atoms with Crippen LogP contribution >= 0.6 is 0 Å². The number of hydrogen-bond acceptors (Lipinski definition) is 4. The SMILES string of the molecule is O=C(OCc1cccc(F)c1)[C@H]1CCCN(C(=O)c2ccncc2)C1. The summed E-state index contributed by atoms with van der Waals surface area (Å²) in [4.78, 5) is 30.4. The van der Waals surface area contributed by atoms with Crippen LogP contribution in [0.5, 0.6) is 0 Å². The van der Waals surface area contributed by atoms with E-state index in [4.69, 9.17) is 4.74 Å². The van der Waals surface area contributed by atoms with Gasteiger partial charge in [0, 0.05) is 31.0 Å². The maximum atomic E-state index is 13.2. The molecule has 1 aliphatic heterocycles. The smallest absolute Gasteiger partial charge is 0.311 e. The van der Waals surface area contributed by atoms with Crippen LogP contribution in [0, 0.1) is 11.7 Å². The van der Waals surface area contributed by atoms with Gasteiger partial charge in [-0.1, -0.05) is 12.1 Å². The zero-order chi connectivity index (χ0) is 17.6. The number of rotatable bonds is 4. The third-order valence-electron chi connectivity index (χ3n) is 4.24. The van der Waals surface area contributed by atoms with Crippen molar-refractivity contribution in [1.29, 1.82) is 0 Å². The predicted molar refractivity (Wildman–Crippen MR) is 89.1 cm³/mol. The Morgan fingerprint density at radius 2 is 2.04 bits per heavy atom. The highest BCUT2D eigenvalue weighted by atomic mass is 19.1. The summed E-state index contributed by atoms with van der Waals surface area (Å²) in [7, 11) is 0. The van der Waals surface area contributed by atoms with Gasteiger partial charge in [-0.25, -0.2) is 4.39 Å². The Balaban J connectivity index is 1.57. The number of nitrogens with zero attached hydrogens (tertiary/aromatic N) is 2. The molecule has 0 spiro atoms. The molecule has 0 saturated carbocycles. The van der Waals surface area contributed by atoms with Crippen LogP contribution in [0.2, 0.25) is 0 Å². The summed E-state index contributed by atoms with van der Waals surface area (Å²) in [5, 5.41) is 0. The van der Waals surface area contributed by atoms with E-state index in [0.29, 0.717) is 30.6 Å². The first kappa shape index (κ1) is 17.1. The number of aromatic nitrogens is 1. The second kappa shape index (κ2) is 7.88. The summed E-state index contributed by atoms with van der Waals surface area (Å²) in [6, 6.07) is 9.29. The molecule has 5 nitrogen and oxygen atoms in total. The van der Waals surface area contributed by atoms with Crippen LogP contribution in [0.25, 0.3) is 0 Å². The minimum Gasteiger partial charge on any atom is -0.461 e. The minimum atomic E-state index is -0.361. The fourth-order valence-corrected chi connectivity index (χ4v) is 2.93. The van der Waals surface area contributed by atoms with E-state index in [1.54, 1.807) is 41.6 Å². The van der Waals surface area contributed by atoms with Gasteiger partial charge in [0.2, 0.25) is 0 Å². The number of amides is 1. The lowest BCUT2D eigenvalue weighted by Gasteiger charge is -2.31. The van der Waals surface area contributed by atoms with E-state index in [1.807, 2.05) is 0 Å². The van der Waals surface area contributed by atoms with E-state index in [9.17, 15) is 14.0 Å². The lowest BCUT2D eigenvalue weighted by Crippen LogP contribution is -2.42. The van der Waals surface area contributed by atoms with Crippen LogP contribution in [-0.2, 0) is 16.1 Å². The molecule has 25 heavy (non-hydrogen) atoms. The number of esters is 1. The van der Waals surface area contributed by atoms with E-state index in [0.717, 1.165) is 6.42 Å². The maximum Gasteiger partial charge on any atom is 0.311 e. The van der Waals surface area contributed by atoms with Gasteiger partial charge in [0.1, 0.15) is 12.4 Å². The van der Waals surface area contributed by atoms with Gasteiger partial charge in [-0.15, -0.1) is 0 Å². The largest absolute Gasteiger partial charge is 0.461 e. The van der Waals surface area contributed by atoms with Crippen molar-refractivity contribution in [2.75, 3.05) is 13.1 Å². The Morgan fingerprint density at radius 1 is 1.24 bits per heavy atom. The van der Waals surface area contributed by atoms with Gasteiger partial charge < -0.3 is 9.64 Å². The standard InChI is InChI=1S/C19H19FN2O3/c20-17-5-1-3-14(11-17)13-25-19(24)16-4-2-10-22(12-16)18(23)15-6-8-21-9-7-15/h1,3,5-9,11,16H,2,4,10,12-13H2/t16-/m0/s1. The predicted octanol–water partition coefficient (Wildman–Crippen LogP) is 2.82. The molecule has 1 fully saturated rings. The summed E-state index contributed by atoms with van der Waals surface area (Å²) < 4.78 is 18.5. The molecule has 0 radical (unpaired) electrons. The second-order valence-electron chi connectivity index (χ2n) is 6.06. The molecule has 1 aromatic heterocycles. The number of hydrogen-bond donors (Lipinski definition) is 0. The first-order chi connectivity index (χ1) is 12.1. The molecular formula is C19H19FN2O3. The Kier molecular flexibility index (Phi) is 5.38. The number of likely N-dealkylation sites (tertiary alicyclic amines) is 1. The molecule has 3 rings (SSSR count). The van der Waals surface area contributed by atoms with Crippen molar-refractivity contribution in [2.24, 2.45) is 5.92 Å². The molecule has 130 valence electrons. The highest BCUT2D eigenvalue weighted by molar-refractivity contribution is 5.94. The van der Waals surface area contributed by atoms with Crippen LogP contribution in [0.1, 0.15) is 28.8 Å². The molecule has 2 heterocycles. The van der Waals surface area contributed by atoms with E-state index in [1.165, 1.54) is 12.1 Å². The number of carbonyl (C=O) groups excluding carboxylic acids is 2. The average molecular weight is 342 g/mol. The number of carbonyl (C=O) groups is 2. The van der Waals surface area contributed by atoms with Gasteiger partial charge >= 0.3 is 5.97 Å². The molecular weight excluding hydrogens is 323 g/mol. The number of piperidine rings is 1. The van der Waals surface area contributed by atoms with Gasteiger partial charge in [-0.05, 0) is 42.7 Å². The third kappa shape index (κ3) is 4.41. The lowest BCUT2D eigenvalue weighted by atomic mass is 9.97. The third-order valence-corrected chi connectivity index (χ3v) is 4.24. The highest BCUT2D eigenvalue weighted by Gasteiger charge is 2.30. The summed E-state index contributed by atoms with van der Waals surface area (Å²) in [6.07, 6.45) is 4.57. The molecule has 0 aliphatic carbocycles. The number of ether oxygens (including phenoxy) is 1. The zero-order valence-electron chi connectivity index (χ0n) is 13.7. The van der Waals surface area contributed by atoms with Crippen LogP contribution in [0.15, 0.2) is 48.8 Å². The van der Waals surface area contributed by atoms with Crippen molar-refractivity contribution in [3.05, 3.63) is 65.7 Å². The van der Waals surface area contributed by atoms with E-state index < -0.39 is 0 Å². The summed E-state index contributed by atoms with van der Waals surface area (Å²) >= 11 is 0. The Labute approximate surface area is 145 Å². The molecule has 6 heteroatoms. The molecule has 0 bridgehead atoms.